The molecule has 9 heavy (non-hydrogen) atoms. The molecule has 0 radical (unpaired) electrons. The van der Waals surface area contributed by atoms with E-state index in [0.717, 1.165) is 19.4 Å². The van der Waals surface area contributed by atoms with Gasteiger partial charge in [-0.25, -0.2) is 0 Å². The topological polar surface area (TPSA) is 38.4 Å². The summed E-state index contributed by atoms with van der Waals surface area (Å²) in [5.74, 6) is 0.666. The molecule has 0 heterocycles. The minimum absolute atomic E-state index is 0.666. The second-order valence-electron chi connectivity index (χ2n) is 1.95. The van der Waals surface area contributed by atoms with Crippen molar-refractivity contribution in [2.24, 2.45) is 10.7 Å². The fraction of sp³-hybridized carbons (Fsp3) is 0.571. The summed E-state index contributed by atoms with van der Waals surface area (Å²) in [6, 6.07) is 0. The van der Waals surface area contributed by atoms with E-state index in [0.29, 0.717) is 5.84 Å². The minimum Gasteiger partial charge on any atom is -0.388 e. The fourth-order valence-electron chi connectivity index (χ4n) is 0.491. The standard InChI is InChI=1S/C7H14N2/c1-3-4-5-6-9-7(2)8/h3H,1,4-6H2,2H3,(H2,8,9). The lowest BCUT2D eigenvalue weighted by molar-refractivity contribution is 0.855. The van der Waals surface area contributed by atoms with Crippen molar-refractivity contribution in [3.05, 3.63) is 12.7 Å². The Labute approximate surface area is 56.5 Å². The van der Waals surface area contributed by atoms with Gasteiger partial charge in [0.05, 0.1) is 5.84 Å². The van der Waals surface area contributed by atoms with Crippen molar-refractivity contribution >= 4 is 5.84 Å². The summed E-state index contributed by atoms with van der Waals surface area (Å²) in [4.78, 5) is 4.01. The van der Waals surface area contributed by atoms with Crippen LogP contribution >= 0.6 is 0 Å². The SMILES string of the molecule is C=CCCCN=C(C)N. The van der Waals surface area contributed by atoms with Gasteiger partial charge in [-0.3, -0.25) is 4.99 Å². The van der Waals surface area contributed by atoms with Gasteiger partial charge in [0, 0.05) is 6.54 Å². The number of hydrogen-bond donors (Lipinski definition) is 1. The maximum absolute atomic E-state index is 5.30. The van der Waals surface area contributed by atoms with E-state index in [-0.39, 0.29) is 0 Å². The molecule has 0 aromatic heterocycles. The molecular formula is C7H14N2. The first-order valence-electron chi connectivity index (χ1n) is 3.15. The van der Waals surface area contributed by atoms with Crippen LogP contribution < -0.4 is 5.73 Å². The maximum Gasteiger partial charge on any atom is 0.0905 e. The molecule has 2 nitrogen and oxygen atoms in total. The first-order valence-corrected chi connectivity index (χ1v) is 3.15. The van der Waals surface area contributed by atoms with Crippen molar-refractivity contribution in [3.63, 3.8) is 0 Å². The Morgan fingerprint density at radius 1 is 1.78 bits per heavy atom. The molecule has 0 atom stereocenters. The number of amidine groups is 1. The van der Waals surface area contributed by atoms with E-state index in [4.69, 9.17) is 5.73 Å². The number of aliphatic imine (C=N–C) groups is 1. The van der Waals surface area contributed by atoms with Gasteiger partial charge in [-0.1, -0.05) is 6.08 Å². The zero-order valence-corrected chi connectivity index (χ0v) is 5.93. The molecule has 0 aliphatic heterocycles. The highest BCUT2D eigenvalue weighted by Gasteiger charge is 1.80. The molecule has 0 aromatic rings. The van der Waals surface area contributed by atoms with E-state index in [1.807, 2.05) is 6.08 Å². The lowest BCUT2D eigenvalue weighted by Gasteiger charge is -1.90. The molecule has 0 bridgehead atoms. The average Bonchev–Trinajstić information content (AvgIpc) is 1.80. The number of rotatable bonds is 4. The van der Waals surface area contributed by atoms with E-state index in [1.54, 1.807) is 6.92 Å². The summed E-state index contributed by atoms with van der Waals surface area (Å²) in [5.41, 5.74) is 5.30. The number of nitrogens with zero attached hydrogens (tertiary/aromatic N) is 1. The lowest BCUT2D eigenvalue weighted by atomic mass is 10.3. The van der Waals surface area contributed by atoms with Crippen LogP contribution in [0.2, 0.25) is 0 Å². The first-order chi connectivity index (χ1) is 4.27. The second-order valence-corrected chi connectivity index (χ2v) is 1.95. The van der Waals surface area contributed by atoms with Crippen LogP contribution in [-0.4, -0.2) is 12.4 Å². The Balaban J connectivity index is 3.09. The Bertz CT molecular complexity index is 101. The van der Waals surface area contributed by atoms with Gasteiger partial charge in [-0.15, -0.1) is 6.58 Å². The van der Waals surface area contributed by atoms with Gasteiger partial charge in [-0.05, 0) is 19.8 Å². The van der Waals surface area contributed by atoms with Gasteiger partial charge < -0.3 is 5.73 Å². The smallest absolute Gasteiger partial charge is 0.0905 e. The van der Waals surface area contributed by atoms with E-state index in [2.05, 4.69) is 11.6 Å². The normalized spacial score (nSPS) is 11.4. The van der Waals surface area contributed by atoms with Crippen molar-refractivity contribution < 1.29 is 0 Å². The first kappa shape index (κ1) is 8.21. The van der Waals surface area contributed by atoms with Crippen LogP contribution in [-0.2, 0) is 0 Å². The van der Waals surface area contributed by atoms with Gasteiger partial charge in [0.15, 0.2) is 0 Å². The summed E-state index contributed by atoms with van der Waals surface area (Å²) in [5, 5.41) is 0. The third-order valence-electron chi connectivity index (χ3n) is 0.928. The molecule has 0 aliphatic rings. The Hall–Kier alpha value is -0.790. The zero-order valence-electron chi connectivity index (χ0n) is 5.93. The Morgan fingerprint density at radius 3 is 2.89 bits per heavy atom. The van der Waals surface area contributed by atoms with E-state index >= 15 is 0 Å². The highest BCUT2D eigenvalue weighted by Crippen LogP contribution is 1.88. The molecule has 0 amide bonds. The average molecular weight is 126 g/mol. The Morgan fingerprint density at radius 2 is 2.44 bits per heavy atom. The monoisotopic (exact) mass is 126 g/mol. The van der Waals surface area contributed by atoms with Crippen LogP contribution in [0.5, 0.6) is 0 Å². The van der Waals surface area contributed by atoms with Crippen molar-refractivity contribution in [2.75, 3.05) is 6.54 Å². The predicted octanol–water partition coefficient (Wildman–Crippen LogP) is 1.33. The molecule has 0 spiro atoms. The molecule has 0 saturated carbocycles. The minimum atomic E-state index is 0.666. The number of allylic oxidation sites excluding steroid dienone is 1. The zero-order chi connectivity index (χ0) is 7.11. The number of hydrogen-bond acceptors (Lipinski definition) is 1. The molecule has 0 aromatic carbocycles. The summed E-state index contributed by atoms with van der Waals surface area (Å²) < 4.78 is 0. The largest absolute Gasteiger partial charge is 0.388 e. The van der Waals surface area contributed by atoms with Crippen LogP contribution in [0.4, 0.5) is 0 Å². The summed E-state index contributed by atoms with van der Waals surface area (Å²) in [6.45, 7) is 6.22. The van der Waals surface area contributed by atoms with Crippen molar-refractivity contribution in [1.29, 1.82) is 0 Å². The highest BCUT2D eigenvalue weighted by atomic mass is 14.8. The third kappa shape index (κ3) is 7.21. The fourth-order valence-corrected chi connectivity index (χ4v) is 0.491. The summed E-state index contributed by atoms with van der Waals surface area (Å²) in [6.07, 6.45) is 3.97. The van der Waals surface area contributed by atoms with Crippen LogP contribution in [0, 0.1) is 0 Å². The van der Waals surface area contributed by atoms with Gasteiger partial charge in [-0.2, -0.15) is 0 Å². The molecule has 2 N–H and O–H groups in total. The molecule has 52 valence electrons. The maximum atomic E-state index is 5.30. The predicted molar refractivity (Wildman–Crippen MR) is 41.6 cm³/mol. The van der Waals surface area contributed by atoms with E-state index in [9.17, 15) is 0 Å². The molecule has 0 saturated heterocycles. The molecule has 0 rings (SSSR count). The molecular weight excluding hydrogens is 112 g/mol. The van der Waals surface area contributed by atoms with E-state index in [1.165, 1.54) is 0 Å². The molecule has 0 aliphatic carbocycles. The van der Waals surface area contributed by atoms with Crippen LogP contribution in [0.1, 0.15) is 19.8 Å². The van der Waals surface area contributed by atoms with Crippen molar-refractivity contribution in [3.8, 4) is 0 Å². The molecule has 0 unspecified atom stereocenters. The number of nitrogens with two attached hydrogens (primary N) is 1. The third-order valence-corrected chi connectivity index (χ3v) is 0.928. The second kappa shape index (κ2) is 5.35. The van der Waals surface area contributed by atoms with Gasteiger partial charge in [0.2, 0.25) is 0 Å². The summed E-state index contributed by atoms with van der Waals surface area (Å²) in [7, 11) is 0. The molecule has 0 fully saturated rings. The van der Waals surface area contributed by atoms with Crippen LogP contribution in [0.15, 0.2) is 17.6 Å². The number of unbranched alkanes of at least 4 members (excludes halogenated alkanes) is 1. The van der Waals surface area contributed by atoms with Crippen molar-refractivity contribution in [1.82, 2.24) is 0 Å². The molecule has 2 heteroatoms. The van der Waals surface area contributed by atoms with Gasteiger partial charge in [0.1, 0.15) is 0 Å². The van der Waals surface area contributed by atoms with Crippen LogP contribution in [0.25, 0.3) is 0 Å². The van der Waals surface area contributed by atoms with Gasteiger partial charge >= 0.3 is 0 Å². The van der Waals surface area contributed by atoms with Gasteiger partial charge in [0.25, 0.3) is 0 Å². The highest BCUT2D eigenvalue weighted by molar-refractivity contribution is 5.77. The lowest BCUT2D eigenvalue weighted by Crippen LogP contribution is -2.05. The Kier molecular flexibility index (Phi) is 4.88. The summed E-state index contributed by atoms with van der Waals surface area (Å²) >= 11 is 0. The van der Waals surface area contributed by atoms with Crippen LogP contribution in [0.3, 0.4) is 0 Å². The van der Waals surface area contributed by atoms with Crippen molar-refractivity contribution in [2.45, 2.75) is 19.8 Å². The quantitative estimate of drug-likeness (QED) is 0.262. The van der Waals surface area contributed by atoms with E-state index < -0.39 is 0 Å².